The van der Waals surface area contributed by atoms with Crippen LogP contribution in [-0.2, 0) is 6.42 Å². The fraction of sp³-hybridized carbons (Fsp3) is 0.0667. The quantitative estimate of drug-likeness (QED) is 0.712. The maximum absolute atomic E-state index is 12.4. The highest BCUT2D eigenvalue weighted by atomic mass is 79.9. The van der Waals surface area contributed by atoms with E-state index in [9.17, 15) is 4.79 Å². The van der Waals surface area contributed by atoms with Gasteiger partial charge in [-0.25, -0.2) is 4.98 Å². The first-order valence-electron chi connectivity index (χ1n) is 6.04. The zero-order valence-electron chi connectivity index (χ0n) is 10.4. The Morgan fingerprint density at radius 3 is 2.75 bits per heavy atom. The van der Waals surface area contributed by atoms with Crippen LogP contribution < -0.4 is 0 Å². The molecule has 0 saturated heterocycles. The Morgan fingerprint density at radius 1 is 1.25 bits per heavy atom. The summed E-state index contributed by atoms with van der Waals surface area (Å²) in [6.07, 6.45) is 3.63. The van der Waals surface area contributed by atoms with Crippen molar-refractivity contribution in [2.75, 3.05) is 0 Å². The molecule has 2 aromatic heterocycles. The van der Waals surface area contributed by atoms with Gasteiger partial charge in [-0.2, -0.15) is 0 Å². The van der Waals surface area contributed by atoms with Crippen LogP contribution >= 0.6 is 27.5 Å². The predicted octanol–water partition coefficient (Wildman–Crippen LogP) is 4.40. The molecule has 5 heteroatoms. The maximum atomic E-state index is 12.4. The van der Waals surface area contributed by atoms with E-state index in [1.165, 1.54) is 0 Å². The summed E-state index contributed by atoms with van der Waals surface area (Å²) in [6, 6.07) is 9.39. The zero-order valence-corrected chi connectivity index (χ0v) is 12.7. The van der Waals surface area contributed by atoms with Gasteiger partial charge in [0.2, 0.25) is 0 Å². The standard InChI is InChI=1S/C15H10BrClN2O/c16-10-3-1-9(2-4-10)7-13(20)11-8-19-15-14(11)12(17)5-6-18-15/h1-6,8H,7H2,(H,18,19). The fourth-order valence-electron chi connectivity index (χ4n) is 2.12. The third kappa shape index (κ3) is 2.49. The summed E-state index contributed by atoms with van der Waals surface area (Å²) in [5.41, 5.74) is 2.19. The molecule has 3 nitrogen and oxygen atoms in total. The van der Waals surface area contributed by atoms with Crippen molar-refractivity contribution in [1.29, 1.82) is 0 Å². The van der Waals surface area contributed by atoms with E-state index in [0.29, 0.717) is 28.0 Å². The van der Waals surface area contributed by atoms with Gasteiger partial charge in [0.15, 0.2) is 5.78 Å². The lowest BCUT2D eigenvalue weighted by molar-refractivity contribution is 0.0994. The van der Waals surface area contributed by atoms with E-state index in [1.807, 2.05) is 24.3 Å². The molecule has 2 heterocycles. The number of aromatic amines is 1. The number of hydrogen-bond acceptors (Lipinski definition) is 2. The molecule has 0 radical (unpaired) electrons. The first-order valence-corrected chi connectivity index (χ1v) is 7.21. The number of hydrogen-bond donors (Lipinski definition) is 1. The van der Waals surface area contributed by atoms with E-state index >= 15 is 0 Å². The molecule has 20 heavy (non-hydrogen) atoms. The highest BCUT2D eigenvalue weighted by Crippen LogP contribution is 2.26. The Morgan fingerprint density at radius 2 is 2.00 bits per heavy atom. The van der Waals surface area contributed by atoms with Gasteiger partial charge in [-0.05, 0) is 23.8 Å². The molecule has 3 aromatic rings. The smallest absolute Gasteiger partial charge is 0.169 e. The van der Waals surface area contributed by atoms with Gasteiger partial charge >= 0.3 is 0 Å². The van der Waals surface area contributed by atoms with Crippen molar-refractivity contribution in [1.82, 2.24) is 9.97 Å². The topological polar surface area (TPSA) is 45.8 Å². The molecule has 0 saturated carbocycles. The van der Waals surface area contributed by atoms with E-state index < -0.39 is 0 Å². The lowest BCUT2D eigenvalue weighted by atomic mass is 10.0. The van der Waals surface area contributed by atoms with Crippen molar-refractivity contribution < 1.29 is 4.79 Å². The van der Waals surface area contributed by atoms with Crippen LogP contribution in [0.5, 0.6) is 0 Å². The molecule has 1 aromatic carbocycles. The monoisotopic (exact) mass is 348 g/mol. The first kappa shape index (κ1) is 13.3. The van der Waals surface area contributed by atoms with Gasteiger partial charge in [-0.15, -0.1) is 0 Å². The van der Waals surface area contributed by atoms with Gasteiger partial charge in [0.25, 0.3) is 0 Å². The van der Waals surface area contributed by atoms with Crippen LogP contribution in [0, 0.1) is 0 Å². The Balaban J connectivity index is 1.95. The number of aromatic nitrogens is 2. The zero-order chi connectivity index (χ0) is 14.1. The Kier molecular flexibility index (Phi) is 3.59. The van der Waals surface area contributed by atoms with Crippen LogP contribution in [0.3, 0.4) is 0 Å². The van der Waals surface area contributed by atoms with Crippen LogP contribution in [-0.4, -0.2) is 15.8 Å². The summed E-state index contributed by atoms with van der Waals surface area (Å²) in [5.74, 6) is 0.0217. The van der Waals surface area contributed by atoms with Crippen LogP contribution in [0.15, 0.2) is 47.2 Å². The number of pyridine rings is 1. The minimum absolute atomic E-state index is 0.0217. The van der Waals surface area contributed by atoms with E-state index in [1.54, 1.807) is 18.5 Å². The van der Waals surface area contributed by atoms with E-state index in [-0.39, 0.29) is 5.78 Å². The second-order valence-electron chi connectivity index (χ2n) is 4.45. The number of H-pyrrole nitrogens is 1. The molecule has 0 aliphatic rings. The van der Waals surface area contributed by atoms with Gasteiger partial charge in [0.05, 0.1) is 5.02 Å². The number of ketones is 1. The van der Waals surface area contributed by atoms with E-state index in [2.05, 4.69) is 25.9 Å². The number of carbonyl (C=O) groups excluding carboxylic acids is 1. The second kappa shape index (κ2) is 5.38. The van der Waals surface area contributed by atoms with Gasteiger partial charge in [0.1, 0.15) is 5.65 Å². The Labute approximate surface area is 129 Å². The fourth-order valence-corrected chi connectivity index (χ4v) is 2.63. The average Bonchev–Trinajstić information content (AvgIpc) is 2.87. The SMILES string of the molecule is O=C(Cc1ccc(Br)cc1)c1c[nH]c2nccc(Cl)c12. The van der Waals surface area contributed by atoms with Crippen molar-refractivity contribution in [2.45, 2.75) is 6.42 Å². The molecule has 3 rings (SSSR count). The van der Waals surface area contributed by atoms with Crippen LogP contribution in [0.2, 0.25) is 5.02 Å². The van der Waals surface area contributed by atoms with Gasteiger partial charge in [-0.1, -0.05) is 39.7 Å². The molecule has 0 spiro atoms. The Bertz CT molecular complexity index is 780. The summed E-state index contributed by atoms with van der Waals surface area (Å²) in [7, 11) is 0. The molecule has 0 amide bonds. The van der Waals surface area contributed by atoms with Crippen molar-refractivity contribution >= 4 is 44.3 Å². The van der Waals surface area contributed by atoms with E-state index in [4.69, 9.17) is 11.6 Å². The third-order valence-corrected chi connectivity index (χ3v) is 3.94. The Hall–Kier alpha value is -1.65. The van der Waals surface area contributed by atoms with Gasteiger partial charge in [0, 0.05) is 34.2 Å². The molecule has 100 valence electrons. The number of fused-ring (bicyclic) bond motifs is 1. The summed E-state index contributed by atoms with van der Waals surface area (Å²) in [6.45, 7) is 0. The van der Waals surface area contributed by atoms with Crippen molar-refractivity contribution in [3.8, 4) is 0 Å². The molecular formula is C15H10BrClN2O. The van der Waals surface area contributed by atoms with E-state index in [0.717, 1.165) is 10.0 Å². The largest absolute Gasteiger partial charge is 0.345 e. The van der Waals surface area contributed by atoms with Crippen molar-refractivity contribution in [3.63, 3.8) is 0 Å². The second-order valence-corrected chi connectivity index (χ2v) is 5.77. The average molecular weight is 350 g/mol. The molecule has 0 unspecified atom stereocenters. The molecule has 0 aliphatic carbocycles. The number of nitrogens with one attached hydrogen (secondary N) is 1. The van der Waals surface area contributed by atoms with Crippen LogP contribution in [0.4, 0.5) is 0 Å². The highest BCUT2D eigenvalue weighted by Gasteiger charge is 2.15. The van der Waals surface area contributed by atoms with Crippen LogP contribution in [0.25, 0.3) is 11.0 Å². The number of halogens is 2. The normalized spacial score (nSPS) is 10.9. The van der Waals surface area contributed by atoms with Crippen molar-refractivity contribution in [3.05, 3.63) is 63.3 Å². The van der Waals surface area contributed by atoms with Crippen molar-refractivity contribution in [2.24, 2.45) is 0 Å². The van der Waals surface area contributed by atoms with Gasteiger partial charge in [-0.3, -0.25) is 4.79 Å². The molecular weight excluding hydrogens is 340 g/mol. The molecule has 0 aliphatic heterocycles. The number of carbonyl (C=O) groups is 1. The maximum Gasteiger partial charge on any atom is 0.169 e. The minimum Gasteiger partial charge on any atom is -0.345 e. The molecule has 0 bridgehead atoms. The number of Topliss-reactive ketones (excluding diaryl/α,β-unsaturated/α-hetero) is 1. The summed E-state index contributed by atoms with van der Waals surface area (Å²) < 4.78 is 0.994. The summed E-state index contributed by atoms with van der Waals surface area (Å²) in [4.78, 5) is 19.6. The lowest BCUT2D eigenvalue weighted by Crippen LogP contribution is -2.02. The number of benzene rings is 1. The number of nitrogens with zero attached hydrogens (tertiary/aromatic N) is 1. The summed E-state index contributed by atoms with van der Waals surface area (Å²) in [5, 5.41) is 1.23. The van der Waals surface area contributed by atoms with Crippen LogP contribution in [0.1, 0.15) is 15.9 Å². The molecule has 1 N–H and O–H groups in total. The molecule has 0 fully saturated rings. The first-order chi connectivity index (χ1) is 9.65. The minimum atomic E-state index is 0.0217. The lowest BCUT2D eigenvalue weighted by Gasteiger charge is -2.01. The highest BCUT2D eigenvalue weighted by molar-refractivity contribution is 9.10. The van der Waals surface area contributed by atoms with Gasteiger partial charge < -0.3 is 4.98 Å². The third-order valence-electron chi connectivity index (χ3n) is 3.10. The predicted molar refractivity (Wildman–Crippen MR) is 83.3 cm³/mol. The molecule has 0 atom stereocenters. The summed E-state index contributed by atoms with van der Waals surface area (Å²) >= 11 is 9.53. The number of rotatable bonds is 3.